The van der Waals surface area contributed by atoms with Crippen molar-refractivity contribution in [1.29, 1.82) is 0 Å². The Morgan fingerprint density at radius 3 is 2.67 bits per heavy atom. The van der Waals surface area contributed by atoms with Crippen LogP contribution in [0, 0.1) is 0 Å². The van der Waals surface area contributed by atoms with Gasteiger partial charge in [-0.3, -0.25) is 9.10 Å². The molecule has 2 aromatic rings. The van der Waals surface area contributed by atoms with Crippen LogP contribution >= 0.6 is 11.6 Å². The maximum atomic E-state index is 12.4. The highest BCUT2D eigenvalue weighted by Crippen LogP contribution is 2.32. The largest absolute Gasteiger partial charge is 0.506 e. The van der Waals surface area contributed by atoms with Crippen LogP contribution in [0.3, 0.4) is 0 Å². The van der Waals surface area contributed by atoms with Crippen molar-refractivity contribution in [2.75, 3.05) is 28.5 Å². The number of amides is 1. The quantitative estimate of drug-likeness (QED) is 0.656. The molecular formula is C17H15ClF3N3O5S. The maximum absolute atomic E-state index is 12.4. The molecule has 1 aliphatic rings. The topological polar surface area (TPSA) is 109 Å². The summed E-state index contributed by atoms with van der Waals surface area (Å²) in [5.74, 6) is -1.58. The Morgan fingerprint density at radius 2 is 2.07 bits per heavy atom. The number of pyridine rings is 1. The number of anilines is 2. The molecule has 8 nitrogen and oxygen atoms in total. The number of alkyl halides is 3. The zero-order valence-electron chi connectivity index (χ0n) is 15.1. The molecule has 1 saturated heterocycles. The molecule has 2 heterocycles. The molecule has 1 aromatic heterocycles. The number of ether oxygens (including phenoxy) is 1. The number of hydrogen-bond donors (Lipinski definition) is 2. The Bertz CT molecular complexity index is 1080. The van der Waals surface area contributed by atoms with Crippen LogP contribution in [0.25, 0.3) is 0 Å². The fraction of sp³-hybridized carbons (Fsp3) is 0.294. The summed E-state index contributed by atoms with van der Waals surface area (Å²) in [7, 11) is -3.46. The van der Waals surface area contributed by atoms with Gasteiger partial charge >= 0.3 is 6.18 Å². The summed E-state index contributed by atoms with van der Waals surface area (Å²) < 4.78 is 66.4. The van der Waals surface area contributed by atoms with Crippen LogP contribution in [0.1, 0.15) is 16.8 Å². The van der Waals surface area contributed by atoms with E-state index in [1.807, 2.05) is 0 Å². The van der Waals surface area contributed by atoms with Gasteiger partial charge in [0.2, 0.25) is 15.9 Å². The second kappa shape index (κ2) is 8.19. The standard InChI is InChI=1S/C17H15ClF3N3O5S/c18-12-6-10(8-22-16(12)29-9-17(19,20)21)15(26)23-13-7-11(2-3-14(13)25)24-4-1-5-30(24,27)28/h2-3,6-8,25H,1,4-5,9H2,(H,23,26). The zero-order valence-corrected chi connectivity index (χ0v) is 16.7. The van der Waals surface area contributed by atoms with Crippen LogP contribution in [-0.2, 0) is 10.0 Å². The van der Waals surface area contributed by atoms with Gasteiger partial charge in [0.05, 0.1) is 22.7 Å². The Morgan fingerprint density at radius 1 is 1.33 bits per heavy atom. The molecule has 162 valence electrons. The third-order valence-corrected chi connectivity index (χ3v) is 6.20. The van der Waals surface area contributed by atoms with Crippen molar-refractivity contribution < 1.29 is 36.2 Å². The van der Waals surface area contributed by atoms with E-state index in [-0.39, 0.29) is 40.0 Å². The maximum Gasteiger partial charge on any atom is 0.422 e. The molecular weight excluding hydrogens is 451 g/mol. The first kappa shape index (κ1) is 22.0. The van der Waals surface area contributed by atoms with Gasteiger partial charge in [0.25, 0.3) is 5.91 Å². The molecule has 1 aromatic carbocycles. The highest BCUT2D eigenvalue weighted by molar-refractivity contribution is 7.93. The van der Waals surface area contributed by atoms with Gasteiger partial charge in [-0.1, -0.05) is 11.6 Å². The lowest BCUT2D eigenvalue weighted by Crippen LogP contribution is -2.25. The second-order valence-corrected chi connectivity index (χ2v) is 8.73. The fourth-order valence-electron chi connectivity index (χ4n) is 2.71. The summed E-state index contributed by atoms with van der Waals surface area (Å²) in [6.07, 6.45) is -3.16. The van der Waals surface area contributed by atoms with Crippen molar-refractivity contribution in [2.24, 2.45) is 0 Å². The number of sulfonamides is 1. The Labute approximate surface area is 174 Å². The lowest BCUT2D eigenvalue weighted by atomic mass is 10.2. The molecule has 1 aliphatic heterocycles. The molecule has 13 heteroatoms. The van der Waals surface area contributed by atoms with E-state index in [2.05, 4.69) is 15.0 Å². The molecule has 30 heavy (non-hydrogen) atoms. The summed E-state index contributed by atoms with van der Waals surface area (Å²) in [4.78, 5) is 16.0. The van der Waals surface area contributed by atoms with Crippen LogP contribution in [0.5, 0.6) is 11.6 Å². The van der Waals surface area contributed by atoms with E-state index >= 15 is 0 Å². The lowest BCUT2D eigenvalue weighted by molar-refractivity contribution is -0.154. The molecule has 2 N–H and O–H groups in total. The first-order valence-corrected chi connectivity index (χ1v) is 10.4. The average Bonchev–Trinajstić information content (AvgIpc) is 3.00. The van der Waals surface area contributed by atoms with Gasteiger partial charge < -0.3 is 15.2 Å². The number of nitrogens with zero attached hydrogens (tertiary/aromatic N) is 2. The van der Waals surface area contributed by atoms with Crippen molar-refractivity contribution in [3.63, 3.8) is 0 Å². The number of halogens is 4. The SMILES string of the molecule is O=C(Nc1cc(N2CCCS2(=O)=O)ccc1O)c1cnc(OCC(F)(F)F)c(Cl)c1. The Balaban J connectivity index is 1.77. The molecule has 0 saturated carbocycles. The first-order chi connectivity index (χ1) is 14.0. The number of rotatable bonds is 5. The van der Waals surface area contributed by atoms with Gasteiger partial charge in [0.1, 0.15) is 10.8 Å². The van der Waals surface area contributed by atoms with Crippen LogP contribution in [0.15, 0.2) is 30.5 Å². The first-order valence-electron chi connectivity index (χ1n) is 8.46. The predicted octanol–water partition coefficient (Wildman–Crippen LogP) is 3.17. The minimum absolute atomic E-state index is 0.00248. The van der Waals surface area contributed by atoms with Crippen LogP contribution in [0.4, 0.5) is 24.5 Å². The number of nitrogens with one attached hydrogen (secondary N) is 1. The molecule has 0 aliphatic carbocycles. The van der Waals surface area contributed by atoms with Crippen molar-refractivity contribution in [2.45, 2.75) is 12.6 Å². The number of phenols is 1. The molecule has 0 radical (unpaired) electrons. The summed E-state index contributed by atoms with van der Waals surface area (Å²) in [5.41, 5.74) is 0.0960. The van der Waals surface area contributed by atoms with E-state index in [0.29, 0.717) is 6.42 Å². The lowest BCUT2D eigenvalue weighted by Gasteiger charge is -2.18. The highest BCUT2D eigenvalue weighted by atomic mass is 35.5. The van der Waals surface area contributed by atoms with E-state index < -0.39 is 34.6 Å². The number of phenolic OH excluding ortho intramolecular Hbond substituents is 1. The third-order valence-electron chi connectivity index (χ3n) is 4.06. The molecule has 0 spiro atoms. The van der Waals surface area contributed by atoms with E-state index in [1.54, 1.807) is 0 Å². The van der Waals surface area contributed by atoms with Gasteiger partial charge in [0.15, 0.2) is 6.61 Å². The minimum Gasteiger partial charge on any atom is -0.506 e. The number of benzene rings is 1. The van der Waals surface area contributed by atoms with Gasteiger partial charge in [-0.15, -0.1) is 0 Å². The van der Waals surface area contributed by atoms with Gasteiger partial charge in [-0.25, -0.2) is 13.4 Å². The summed E-state index contributed by atoms with van der Waals surface area (Å²) in [5, 5.41) is 12.1. The van der Waals surface area contributed by atoms with E-state index in [0.717, 1.165) is 12.3 Å². The third kappa shape index (κ3) is 5.05. The number of aromatic nitrogens is 1. The molecule has 1 amide bonds. The monoisotopic (exact) mass is 465 g/mol. The van der Waals surface area contributed by atoms with Crippen LogP contribution in [0.2, 0.25) is 5.02 Å². The van der Waals surface area contributed by atoms with Gasteiger partial charge in [0, 0.05) is 12.7 Å². The number of aromatic hydroxyl groups is 1. The average molecular weight is 466 g/mol. The summed E-state index contributed by atoms with van der Waals surface area (Å²) in [6.45, 7) is -1.31. The smallest absolute Gasteiger partial charge is 0.422 e. The summed E-state index contributed by atoms with van der Waals surface area (Å²) in [6, 6.07) is 4.99. The number of carbonyl (C=O) groups is 1. The highest BCUT2D eigenvalue weighted by Gasteiger charge is 2.30. The second-order valence-electron chi connectivity index (χ2n) is 6.31. The van der Waals surface area contributed by atoms with E-state index in [4.69, 9.17) is 11.6 Å². The molecule has 0 bridgehead atoms. The fourth-order valence-corrected chi connectivity index (χ4v) is 4.49. The van der Waals surface area contributed by atoms with E-state index in [1.165, 1.54) is 22.5 Å². The minimum atomic E-state index is -4.58. The molecule has 0 unspecified atom stereocenters. The van der Waals surface area contributed by atoms with E-state index in [9.17, 15) is 31.5 Å². The normalized spacial score (nSPS) is 15.8. The Kier molecular flexibility index (Phi) is 5.99. The molecule has 0 atom stereocenters. The number of hydrogen-bond acceptors (Lipinski definition) is 6. The van der Waals surface area contributed by atoms with Crippen molar-refractivity contribution >= 4 is 38.9 Å². The molecule has 1 fully saturated rings. The molecule has 3 rings (SSSR count). The van der Waals surface area contributed by atoms with Gasteiger partial charge in [-0.2, -0.15) is 13.2 Å². The summed E-state index contributed by atoms with van der Waals surface area (Å²) >= 11 is 5.82. The van der Waals surface area contributed by atoms with Gasteiger partial charge in [-0.05, 0) is 30.7 Å². The Hall–Kier alpha value is -2.73. The van der Waals surface area contributed by atoms with Crippen molar-refractivity contribution in [1.82, 2.24) is 4.98 Å². The predicted molar refractivity (Wildman–Crippen MR) is 103 cm³/mol. The van der Waals surface area contributed by atoms with Crippen LogP contribution in [-0.4, -0.2) is 49.5 Å². The van der Waals surface area contributed by atoms with Crippen molar-refractivity contribution in [3.05, 3.63) is 41.0 Å². The van der Waals surface area contributed by atoms with Crippen LogP contribution < -0.4 is 14.4 Å². The van der Waals surface area contributed by atoms with Crippen molar-refractivity contribution in [3.8, 4) is 11.6 Å². The number of carbonyl (C=O) groups excluding carboxylic acids is 1. The zero-order chi connectivity index (χ0) is 22.1.